The molecule has 0 spiro atoms. The van der Waals surface area contributed by atoms with Crippen molar-refractivity contribution in [1.29, 1.82) is 0 Å². The minimum absolute atomic E-state index is 0.192. The second-order valence-corrected chi connectivity index (χ2v) is 10.3. The van der Waals surface area contributed by atoms with E-state index in [1.54, 1.807) is 60.1 Å². The summed E-state index contributed by atoms with van der Waals surface area (Å²) < 4.78 is 33.6. The molecule has 2 amide bonds. The molecule has 11 heteroatoms. The predicted octanol–water partition coefficient (Wildman–Crippen LogP) is 2.11. The molecule has 10 nitrogen and oxygen atoms in total. The molecule has 198 valence electrons. The molecule has 37 heavy (non-hydrogen) atoms. The lowest BCUT2D eigenvalue weighted by Gasteiger charge is -2.19. The first-order valence-corrected chi connectivity index (χ1v) is 13.5. The molecule has 1 aliphatic rings. The second kappa shape index (κ2) is 14.3. The van der Waals surface area contributed by atoms with Crippen molar-refractivity contribution in [3.63, 3.8) is 0 Å². The number of nitrogens with one attached hydrogen (secondary N) is 4. The van der Waals surface area contributed by atoms with Gasteiger partial charge >= 0.3 is 0 Å². The molecule has 0 fully saturated rings. The number of benzene rings is 2. The van der Waals surface area contributed by atoms with Gasteiger partial charge in [-0.25, -0.2) is 13.1 Å². The van der Waals surface area contributed by atoms with Crippen LogP contribution in [0.3, 0.4) is 0 Å². The van der Waals surface area contributed by atoms with Crippen molar-refractivity contribution in [2.24, 2.45) is 0 Å². The van der Waals surface area contributed by atoms with Crippen molar-refractivity contribution in [3.05, 3.63) is 94.7 Å². The van der Waals surface area contributed by atoms with E-state index in [9.17, 15) is 23.2 Å². The largest absolute Gasteiger partial charge is 0.761 e. The summed E-state index contributed by atoms with van der Waals surface area (Å²) >= 11 is 0. The standard InChI is InChI=1S/C26H31N4O6S/c31-25(27-15-20-11-13-23(29-33)14-12-20)16-28-26(32)24(18-36-17-21-7-3-1-4-8-21)30-37(34,35)19-22-9-5-2-6-10-22/h1-3,5-7,9-14,24,29-30H,4,8,15-19H2,(H,27,31)(H,28,32)/q-1/t24-/m1/s1. The van der Waals surface area contributed by atoms with Crippen LogP contribution < -0.4 is 20.8 Å². The number of carbonyl (C=O) groups is 2. The van der Waals surface area contributed by atoms with E-state index in [1.807, 2.05) is 18.2 Å². The van der Waals surface area contributed by atoms with Gasteiger partial charge in [-0.1, -0.05) is 60.7 Å². The summed E-state index contributed by atoms with van der Waals surface area (Å²) in [6.45, 7) is -0.0577. The number of allylic oxidation sites excluding steroid dienone is 3. The topological polar surface area (TPSA) is 149 Å². The van der Waals surface area contributed by atoms with E-state index in [0.29, 0.717) is 11.3 Å². The Morgan fingerprint density at radius 3 is 2.43 bits per heavy atom. The van der Waals surface area contributed by atoms with Crippen LogP contribution in [0.25, 0.3) is 0 Å². The first-order valence-electron chi connectivity index (χ1n) is 11.8. The van der Waals surface area contributed by atoms with Crippen molar-refractivity contribution < 1.29 is 22.7 Å². The lowest BCUT2D eigenvalue weighted by Crippen LogP contribution is -2.51. The number of sulfonamides is 1. The van der Waals surface area contributed by atoms with Crippen molar-refractivity contribution in [3.8, 4) is 0 Å². The van der Waals surface area contributed by atoms with Gasteiger partial charge in [0.2, 0.25) is 21.8 Å². The maximum absolute atomic E-state index is 12.8. The van der Waals surface area contributed by atoms with Crippen molar-refractivity contribution in [2.75, 3.05) is 25.2 Å². The third-order valence-electron chi connectivity index (χ3n) is 5.49. The highest BCUT2D eigenvalue weighted by Crippen LogP contribution is 2.12. The molecule has 2 aromatic rings. The van der Waals surface area contributed by atoms with Crippen LogP contribution in [0.2, 0.25) is 0 Å². The van der Waals surface area contributed by atoms with E-state index in [1.165, 1.54) is 0 Å². The summed E-state index contributed by atoms with van der Waals surface area (Å²) in [5.74, 6) is -1.42. The first-order chi connectivity index (χ1) is 17.8. The summed E-state index contributed by atoms with van der Waals surface area (Å²) in [5, 5.41) is 15.8. The molecule has 0 bridgehead atoms. The molecule has 0 saturated carbocycles. The average molecular weight is 528 g/mol. The lowest BCUT2D eigenvalue weighted by atomic mass is 10.1. The molecule has 0 saturated heterocycles. The van der Waals surface area contributed by atoms with Gasteiger partial charge in [-0.2, -0.15) is 0 Å². The lowest BCUT2D eigenvalue weighted by molar-refractivity contribution is -0.128. The van der Waals surface area contributed by atoms with Gasteiger partial charge in [-0.15, -0.1) is 0 Å². The number of rotatable bonds is 14. The number of hydrogen-bond acceptors (Lipinski definition) is 7. The third kappa shape index (κ3) is 10.2. The average Bonchev–Trinajstić information content (AvgIpc) is 2.91. The normalized spacial score (nSPS) is 13.9. The maximum Gasteiger partial charge on any atom is 0.240 e. The predicted molar refractivity (Wildman–Crippen MR) is 142 cm³/mol. The zero-order valence-electron chi connectivity index (χ0n) is 20.3. The van der Waals surface area contributed by atoms with Crippen LogP contribution in [0.5, 0.6) is 0 Å². The fourth-order valence-electron chi connectivity index (χ4n) is 3.54. The number of ether oxygens (including phenoxy) is 1. The smallest absolute Gasteiger partial charge is 0.240 e. The van der Waals surface area contributed by atoms with Crippen LogP contribution in [0.4, 0.5) is 5.69 Å². The minimum Gasteiger partial charge on any atom is -0.761 e. The molecule has 1 aliphatic carbocycles. The zero-order valence-corrected chi connectivity index (χ0v) is 21.1. The van der Waals surface area contributed by atoms with Crippen LogP contribution in [0.15, 0.2) is 78.4 Å². The van der Waals surface area contributed by atoms with Gasteiger partial charge in [0.1, 0.15) is 6.04 Å². The Bertz CT molecular complexity index is 1200. The summed E-state index contributed by atoms with van der Waals surface area (Å²) in [5.41, 5.74) is 4.57. The molecule has 0 radical (unpaired) electrons. The monoisotopic (exact) mass is 527 g/mol. The highest BCUT2D eigenvalue weighted by molar-refractivity contribution is 7.88. The fourth-order valence-corrected chi connectivity index (χ4v) is 4.86. The van der Waals surface area contributed by atoms with Gasteiger partial charge in [0.25, 0.3) is 0 Å². The van der Waals surface area contributed by atoms with E-state index in [0.717, 1.165) is 24.0 Å². The van der Waals surface area contributed by atoms with Crippen LogP contribution in [-0.4, -0.2) is 46.0 Å². The SMILES string of the molecule is O=C(CNC(=O)[C@@H](COCC1=CC=CCC1)NS(=O)(=O)Cc1ccccc1)NCc1ccc(N[O-])cc1. The van der Waals surface area contributed by atoms with Gasteiger partial charge in [-0.05, 0) is 41.7 Å². The zero-order chi connectivity index (χ0) is 26.5. The van der Waals surface area contributed by atoms with Gasteiger partial charge < -0.3 is 26.1 Å². The molecule has 0 heterocycles. The van der Waals surface area contributed by atoms with Gasteiger partial charge in [-0.3, -0.25) is 9.59 Å². The number of carbonyl (C=O) groups excluding carboxylic acids is 2. The van der Waals surface area contributed by atoms with E-state index in [-0.39, 0.29) is 32.1 Å². The van der Waals surface area contributed by atoms with E-state index >= 15 is 0 Å². The molecular formula is C26H31N4O6S-. The Kier molecular flexibility index (Phi) is 10.8. The Morgan fingerprint density at radius 2 is 1.76 bits per heavy atom. The third-order valence-corrected chi connectivity index (χ3v) is 6.85. The summed E-state index contributed by atoms with van der Waals surface area (Å²) in [4.78, 5) is 25.1. The van der Waals surface area contributed by atoms with Crippen LogP contribution >= 0.6 is 0 Å². The Hall–Kier alpha value is -3.51. The van der Waals surface area contributed by atoms with Crippen molar-refractivity contribution in [1.82, 2.24) is 15.4 Å². The quantitative estimate of drug-likeness (QED) is 0.275. The van der Waals surface area contributed by atoms with Crippen molar-refractivity contribution >= 4 is 27.5 Å². The molecule has 4 N–H and O–H groups in total. The number of hydrogen-bond donors (Lipinski definition) is 4. The minimum atomic E-state index is -3.87. The number of anilines is 1. The maximum atomic E-state index is 12.8. The Morgan fingerprint density at radius 1 is 1.00 bits per heavy atom. The number of amides is 2. The second-order valence-electron chi connectivity index (χ2n) is 8.52. The van der Waals surface area contributed by atoms with Crippen LogP contribution in [0, 0.1) is 5.21 Å². The molecule has 0 aromatic heterocycles. The molecular weight excluding hydrogens is 496 g/mol. The van der Waals surface area contributed by atoms with Gasteiger partial charge in [0, 0.05) is 12.2 Å². The Labute approximate surface area is 216 Å². The van der Waals surface area contributed by atoms with Gasteiger partial charge in [0.15, 0.2) is 0 Å². The summed E-state index contributed by atoms with van der Waals surface area (Å²) in [6, 6.07) is 13.9. The van der Waals surface area contributed by atoms with E-state index in [4.69, 9.17) is 4.74 Å². The van der Waals surface area contributed by atoms with Gasteiger partial charge in [0.05, 0.1) is 25.5 Å². The van der Waals surface area contributed by atoms with Crippen LogP contribution in [0.1, 0.15) is 24.0 Å². The highest BCUT2D eigenvalue weighted by atomic mass is 32.2. The molecule has 2 aromatic carbocycles. The highest BCUT2D eigenvalue weighted by Gasteiger charge is 2.25. The summed E-state index contributed by atoms with van der Waals surface area (Å²) in [7, 11) is -3.87. The van der Waals surface area contributed by atoms with Crippen LogP contribution in [-0.2, 0) is 36.6 Å². The summed E-state index contributed by atoms with van der Waals surface area (Å²) in [6.07, 6.45) is 7.65. The van der Waals surface area contributed by atoms with E-state index < -0.39 is 27.9 Å². The Balaban J connectivity index is 1.54. The molecule has 3 rings (SSSR count). The molecule has 0 unspecified atom stereocenters. The molecule has 0 aliphatic heterocycles. The first kappa shape index (κ1) is 28.1. The fraction of sp³-hybridized carbons (Fsp3) is 0.308. The molecule has 1 atom stereocenters. The van der Waals surface area contributed by atoms with Crippen molar-refractivity contribution in [2.45, 2.75) is 31.2 Å². The van der Waals surface area contributed by atoms with E-state index in [2.05, 4.69) is 15.4 Å².